The van der Waals surface area contributed by atoms with Gasteiger partial charge in [0.2, 0.25) is 0 Å². The average Bonchev–Trinajstić information content (AvgIpc) is 2.56. The molecule has 3 aromatic rings. The molecule has 5 nitrogen and oxygen atoms in total. The topological polar surface area (TPSA) is 82.5 Å². The van der Waals surface area contributed by atoms with E-state index in [2.05, 4.69) is 10.3 Å². The molecule has 1 amide bonds. The Morgan fingerprint density at radius 3 is 2.52 bits per heavy atom. The second kappa shape index (κ2) is 6.89. The molecule has 3 rings (SSSR count). The lowest BCUT2D eigenvalue weighted by Gasteiger charge is -2.09. The number of aliphatic hydroxyl groups is 1. The SMILES string of the molecule is C.O=C(Nc1ccc(CO)cc1)c1ccc2cccnc2c1O. The number of aromatic nitrogens is 1. The lowest BCUT2D eigenvalue weighted by molar-refractivity contribution is 0.102. The zero-order valence-corrected chi connectivity index (χ0v) is 11.7. The van der Waals surface area contributed by atoms with Gasteiger partial charge >= 0.3 is 0 Å². The van der Waals surface area contributed by atoms with Gasteiger partial charge in [-0.15, -0.1) is 0 Å². The monoisotopic (exact) mass is 310 g/mol. The van der Waals surface area contributed by atoms with Crippen molar-refractivity contribution in [1.29, 1.82) is 0 Å². The minimum atomic E-state index is -0.415. The minimum absolute atomic E-state index is 0. The Hall–Kier alpha value is -2.92. The van der Waals surface area contributed by atoms with E-state index in [-0.39, 0.29) is 25.3 Å². The lowest BCUT2D eigenvalue weighted by Crippen LogP contribution is -2.12. The van der Waals surface area contributed by atoms with Gasteiger partial charge in [-0.2, -0.15) is 0 Å². The molecule has 0 unspecified atom stereocenters. The molecule has 0 aliphatic carbocycles. The number of aromatic hydroxyl groups is 1. The Bertz CT molecular complexity index is 829. The normalized spacial score (nSPS) is 10.1. The molecule has 0 radical (unpaired) electrons. The van der Waals surface area contributed by atoms with E-state index in [1.165, 1.54) is 0 Å². The molecule has 0 aliphatic rings. The van der Waals surface area contributed by atoms with E-state index in [1.807, 2.05) is 6.07 Å². The fourth-order valence-corrected chi connectivity index (χ4v) is 2.20. The first-order chi connectivity index (χ1) is 10.7. The summed E-state index contributed by atoms with van der Waals surface area (Å²) in [5.74, 6) is -0.552. The third-order valence-corrected chi connectivity index (χ3v) is 3.39. The number of aliphatic hydroxyl groups excluding tert-OH is 1. The standard InChI is InChI=1S/C17H14N2O3.CH4/c20-10-11-3-6-13(7-4-11)19-17(22)14-8-5-12-2-1-9-18-15(12)16(14)21;/h1-9,20-21H,10H2,(H,19,22);1H4. The molecule has 1 heterocycles. The summed E-state index contributed by atoms with van der Waals surface area (Å²) in [6.45, 7) is -0.0502. The van der Waals surface area contributed by atoms with Crippen LogP contribution in [0.15, 0.2) is 54.7 Å². The van der Waals surface area contributed by atoms with Crippen LogP contribution in [0.3, 0.4) is 0 Å². The predicted molar refractivity (Wildman–Crippen MR) is 90.5 cm³/mol. The van der Waals surface area contributed by atoms with Gasteiger partial charge in [0.05, 0.1) is 12.2 Å². The van der Waals surface area contributed by atoms with Gasteiger partial charge in [0.15, 0.2) is 5.75 Å². The summed E-state index contributed by atoms with van der Waals surface area (Å²) >= 11 is 0. The van der Waals surface area contributed by atoms with Crippen molar-refractivity contribution < 1.29 is 15.0 Å². The maximum absolute atomic E-state index is 12.3. The molecule has 1 aromatic heterocycles. The van der Waals surface area contributed by atoms with Crippen LogP contribution in [0.1, 0.15) is 23.3 Å². The van der Waals surface area contributed by atoms with Gasteiger partial charge < -0.3 is 15.5 Å². The van der Waals surface area contributed by atoms with Crippen molar-refractivity contribution >= 4 is 22.5 Å². The van der Waals surface area contributed by atoms with E-state index in [9.17, 15) is 9.90 Å². The van der Waals surface area contributed by atoms with Crippen LogP contribution in [-0.2, 0) is 6.61 Å². The van der Waals surface area contributed by atoms with E-state index in [0.29, 0.717) is 11.2 Å². The zero-order chi connectivity index (χ0) is 15.5. The Labute approximate surface area is 134 Å². The van der Waals surface area contributed by atoms with E-state index < -0.39 is 5.91 Å². The summed E-state index contributed by atoms with van der Waals surface area (Å²) in [4.78, 5) is 16.4. The number of rotatable bonds is 3. The van der Waals surface area contributed by atoms with Crippen molar-refractivity contribution in [2.75, 3.05) is 5.32 Å². The number of carbonyl (C=O) groups is 1. The van der Waals surface area contributed by atoms with Crippen LogP contribution in [0.5, 0.6) is 5.75 Å². The lowest BCUT2D eigenvalue weighted by atomic mass is 10.1. The number of amides is 1. The Morgan fingerprint density at radius 2 is 1.83 bits per heavy atom. The van der Waals surface area contributed by atoms with Crippen molar-refractivity contribution in [3.05, 3.63) is 65.9 Å². The van der Waals surface area contributed by atoms with Crippen LogP contribution < -0.4 is 5.32 Å². The van der Waals surface area contributed by atoms with Crippen LogP contribution >= 0.6 is 0 Å². The van der Waals surface area contributed by atoms with E-state index in [0.717, 1.165) is 10.9 Å². The Balaban J connectivity index is 0.00000192. The largest absolute Gasteiger partial charge is 0.505 e. The van der Waals surface area contributed by atoms with Crippen LogP contribution in [0, 0.1) is 0 Å². The van der Waals surface area contributed by atoms with Crippen LogP contribution in [-0.4, -0.2) is 21.1 Å². The Kier molecular flexibility index (Phi) is 4.93. The first-order valence-corrected chi connectivity index (χ1v) is 6.77. The smallest absolute Gasteiger partial charge is 0.259 e. The first kappa shape index (κ1) is 16.5. The molecule has 0 aliphatic heterocycles. The van der Waals surface area contributed by atoms with Gasteiger partial charge in [0.1, 0.15) is 5.52 Å². The number of hydrogen-bond donors (Lipinski definition) is 3. The fraction of sp³-hybridized carbons (Fsp3) is 0.111. The zero-order valence-electron chi connectivity index (χ0n) is 11.7. The highest BCUT2D eigenvalue weighted by atomic mass is 16.3. The number of hydrogen-bond acceptors (Lipinski definition) is 4. The molecule has 0 saturated heterocycles. The van der Waals surface area contributed by atoms with Gasteiger partial charge in [-0.25, -0.2) is 0 Å². The average molecular weight is 310 g/mol. The van der Waals surface area contributed by atoms with Crippen LogP contribution in [0.2, 0.25) is 0 Å². The number of carbonyl (C=O) groups excluding carboxylic acids is 1. The molecular weight excluding hydrogens is 292 g/mol. The number of pyridine rings is 1. The molecule has 0 atom stereocenters. The maximum atomic E-state index is 12.3. The minimum Gasteiger partial charge on any atom is -0.505 e. The summed E-state index contributed by atoms with van der Waals surface area (Å²) in [7, 11) is 0. The van der Waals surface area contributed by atoms with E-state index in [1.54, 1.807) is 48.7 Å². The number of nitrogens with one attached hydrogen (secondary N) is 1. The van der Waals surface area contributed by atoms with Crippen molar-refractivity contribution in [3.8, 4) is 5.75 Å². The summed E-state index contributed by atoms with van der Waals surface area (Å²) in [6.07, 6.45) is 1.57. The van der Waals surface area contributed by atoms with Gasteiger partial charge in [-0.1, -0.05) is 31.7 Å². The van der Waals surface area contributed by atoms with Gasteiger partial charge in [-0.3, -0.25) is 9.78 Å². The van der Waals surface area contributed by atoms with E-state index >= 15 is 0 Å². The molecule has 118 valence electrons. The number of phenolic OH excluding ortho intramolecular Hbond substituents is 1. The highest BCUT2D eigenvalue weighted by molar-refractivity contribution is 6.09. The molecule has 23 heavy (non-hydrogen) atoms. The number of fused-ring (bicyclic) bond motifs is 1. The summed E-state index contributed by atoms with van der Waals surface area (Å²) in [5.41, 5.74) is 1.90. The third kappa shape index (κ3) is 3.30. The molecule has 3 N–H and O–H groups in total. The highest BCUT2D eigenvalue weighted by Crippen LogP contribution is 2.27. The number of anilines is 1. The van der Waals surface area contributed by atoms with Gasteiger partial charge in [-0.05, 0) is 29.8 Å². The number of nitrogens with zero attached hydrogens (tertiary/aromatic N) is 1. The molecule has 5 heteroatoms. The van der Waals surface area contributed by atoms with Crippen LogP contribution in [0.4, 0.5) is 5.69 Å². The molecule has 0 saturated carbocycles. The number of benzene rings is 2. The highest BCUT2D eigenvalue weighted by Gasteiger charge is 2.14. The second-order valence-electron chi connectivity index (χ2n) is 4.85. The van der Waals surface area contributed by atoms with Gasteiger partial charge in [0, 0.05) is 17.3 Å². The molecule has 0 spiro atoms. The van der Waals surface area contributed by atoms with Crippen molar-refractivity contribution in [2.24, 2.45) is 0 Å². The van der Waals surface area contributed by atoms with Gasteiger partial charge in [0.25, 0.3) is 5.91 Å². The molecule has 0 bridgehead atoms. The van der Waals surface area contributed by atoms with Crippen molar-refractivity contribution in [3.63, 3.8) is 0 Å². The molecule has 2 aromatic carbocycles. The number of phenols is 1. The summed E-state index contributed by atoms with van der Waals surface area (Å²) in [5, 5.41) is 22.7. The summed E-state index contributed by atoms with van der Waals surface area (Å²) in [6, 6.07) is 13.7. The molecular formula is C18H18N2O3. The molecule has 0 fully saturated rings. The van der Waals surface area contributed by atoms with Crippen molar-refractivity contribution in [2.45, 2.75) is 14.0 Å². The first-order valence-electron chi connectivity index (χ1n) is 6.77. The second-order valence-corrected chi connectivity index (χ2v) is 4.85. The maximum Gasteiger partial charge on any atom is 0.259 e. The van der Waals surface area contributed by atoms with E-state index in [4.69, 9.17) is 5.11 Å². The van der Waals surface area contributed by atoms with Crippen LogP contribution in [0.25, 0.3) is 10.9 Å². The summed E-state index contributed by atoms with van der Waals surface area (Å²) < 4.78 is 0. The predicted octanol–water partition coefficient (Wildman–Crippen LogP) is 3.32. The van der Waals surface area contributed by atoms with Crippen molar-refractivity contribution in [1.82, 2.24) is 4.98 Å². The Morgan fingerprint density at radius 1 is 1.09 bits per heavy atom. The fourth-order valence-electron chi connectivity index (χ4n) is 2.20. The third-order valence-electron chi connectivity index (χ3n) is 3.39. The quantitative estimate of drug-likeness (QED) is 0.693.